The van der Waals surface area contributed by atoms with Crippen molar-refractivity contribution in [1.29, 1.82) is 0 Å². The molecule has 3 rings (SSSR count). The molecular weight excluding hydrogens is 308 g/mol. The van der Waals surface area contributed by atoms with Gasteiger partial charge in [0.2, 0.25) is 5.91 Å². The lowest BCUT2D eigenvalue weighted by molar-refractivity contribution is -0.124. The summed E-state index contributed by atoms with van der Waals surface area (Å²) in [6.07, 6.45) is 7.30. The van der Waals surface area contributed by atoms with E-state index < -0.39 is 0 Å². The highest BCUT2D eigenvalue weighted by Crippen LogP contribution is 2.29. The molecule has 3 heteroatoms. The number of hydrogen-bond acceptors (Lipinski definition) is 2. The van der Waals surface area contributed by atoms with Gasteiger partial charge >= 0.3 is 0 Å². The van der Waals surface area contributed by atoms with E-state index in [1.165, 1.54) is 37.7 Å². The monoisotopic (exact) mass is 342 g/mol. The summed E-state index contributed by atoms with van der Waals surface area (Å²) in [5.41, 5.74) is 1.44. The van der Waals surface area contributed by atoms with Gasteiger partial charge in [-0.15, -0.1) is 0 Å². The SMILES string of the molecule is C[C@@H]1[C@H](C)CCC[C@@H]1NC(=O)CN1CCC(Cc2ccccc2)CC1. The van der Waals surface area contributed by atoms with Crippen LogP contribution in [0.5, 0.6) is 0 Å². The van der Waals surface area contributed by atoms with Crippen LogP contribution in [-0.2, 0) is 11.2 Å². The average Bonchev–Trinajstić information content (AvgIpc) is 2.62. The van der Waals surface area contributed by atoms with Crippen molar-refractivity contribution in [1.82, 2.24) is 10.2 Å². The standard InChI is InChI=1S/C22H34N2O/c1-17-7-6-10-21(18(17)2)23-22(25)16-24-13-11-20(12-14-24)15-19-8-4-3-5-9-19/h3-5,8-9,17-18,20-21H,6-7,10-16H2,1-2H3,(H,23,25)/t17-,18-,21+/m1/s1. The zero-order valence-electron chi connectivity index (χ0n) is 15.9. The minimum atomic E-state index is 0.229. The molecule has 3 atom stereocenters. The van der Waals surface area contributed by atoms with Gasteiger partial charge in [-0.1, -0.05) is 57.0 Å². The number of nitrogens with zero attached hydrogens (tertiary/aromatic N) is 1. The Balaban J connectivity index is 1.39. The predicted molar refractivity (Wildman–Crippen MR) is 103 cm³/mol. The Kier molecular flexibility index (Phi) is 6.52. The van der Waals surface area contributed by atoms with Crippen LogP contribution < -0.4 is 5.32 Å². The van der Waals surface area contributed by atoms with E-state index in [2.05, 4.69) is 54.4 Å². The molecule has 1 aromatic rings. The first-order valence-corrected chi connectivity index (χ1v) is 10.2. The van der Waals surface area contributed by atoms with Crippen LogP contribution in [0.2, 0.25) is 0 Å². The highest BCUT2D eigenvalue weighted by molar-refractivity contribution is 5.78. The van der Waals surface area contributed by atoms with E-state index in [4.69, 9.17) is 0 Å². The van der Waals surface area contributed by atoms with Crippen LogP contribution >= 0.6 is 0 Å². The van der Waals surface area contributed by atoms with Gasteiger partial charge in [0.25, 0.3) is 0 Å². The molecule has 1 aliphatic carbocycles. The molecule has 1 N–H and O–H groups in total. The van der Waals surface area contributed by atoms with Crippen molar-refractivity contribution in [2.24, 2.45) is 17.8 Å². The summed E-state index contributed by atoms with van der Waals surface area (Å²) < 4.78 is 0. The number of benzene rings is 1. The fourth-order valence-electron chi connectivity index (χ4n) is 4.54. The van der Waals surface area contributed by atoms with E-state index in [1.807, 2.05) is 0 Å². The summed E-state index contributed by atoms with van der Waals surface area (Å²) in [5.74, 6) is 2.33. The number of carbonyl (C=O) groups excluding carboxylic acids is 1. The maximum atomic E-state index is 12.5. The molecule has 0 unspecified atom stereocenters. The van der Waals surface area contributed by atoms with Gasteiger partial charge in [0.15, 0.2) is 0 Å². The predicted octanol–water partition coefficient (Wildman–Crippen LogP) is 3.88. The first-order chi connectivity index (χ1) is 12.1. The van der Waals surface area contributed by atoms with Crippen LogP contribution in [0.4, 0.5) is 0 Å². The Morgan fingerprint density at radius 3 is 2.52 bits per heavy atom. The maximum Gasteiger partial charge on any atom is 0.234 e. The lowest BCUT2D eigenvalue weighted by Gasteiger charge is -2.36. The van der Waals surface area contributed by atoms with E-state index in [9.17, 15) is 4.79 Å². The highest BCUT2D eigenvalue weighted by Gasteiger charge is 2.29. The molecule has 2 aliphatic rings. The Labute approximate surface area is 153 Å². The Bertz CT molecular complexity index is 536. The summed E-state index contributed by atoms with van der Waals surface area (Å²) in [6, 6.07) is 11.2. The van der Waals surface area contributed by atoms with Crippen molar-refractivity contribution in [2.75, 3.05) is 19.6 Å². The normalized spacial score (nSPS) is 28.6. The number of nitrogens with one attached hydrogen (secondary N) is 1. The molecule has 1 saturated heterocycles. The van der Waals surface area contributed by atoms with Crippen LogP contribution in [0.25, 0.3) is 0 Å². The lowest BCUT2D eigenvalue weighted by atomic mass is 9.78. The van der Waals surface area contributed by atoms with Crippen LogP contribution in [-0.4, -0.2) is 36.5 Å². The molecule has 1 heterocycles. The second-order valence-corrected chi connectivity index (χ2v) is 8.35. The summed E-state index contributed by atoms with van der Waals surface area (Å²) in [6.45, 7) is 7.31. The van der Waals surface area contributed by atoms with Crippen LogP contribution in [0.1, 0.15) is 51.5 Å². The second-order valence-electron chi connectivity index (χ2n) is 8.35. The van der Waals surface area contributed by atoms with Gasteiger partial charge in [-0.2, -0.15) is 0 Å². The number of carbonyl (C=O) groups is 1. The van der Waals surface area contributed by atoms with E-state index in [0.29, 0.717) is 18.5 Å². The third kappa shape index (κ3) is 5.31. The lowest BCUT2D eigenvalue weighted by Crippen LogP contribution is -2.48. The van der Waals surface area contributed by atoms with Gasteiger partial charge in [-0.3, -0.25) is 9.69 Å². The molecule has 3 nitrogen and oxygen atoms in total. The van der Waals surface area contributed by atoms with Crippen molar-refractivity contribution in [3.63, 3.8) is 0 Å². The number of hydrogen-bond donors (Lipinski definition) is 1. The molecule has 0 bridgehead atoms. The number of rotatable bonds is 5. The fourth-order valence-corrected chi connectivity index (χ4v) is 4.54. The minimum Gasteiger partial charge on any atom is -0.352 e. The van der Waals surface area contributed by atoms with Gasteiger partial charge in [-0.05, 0) is 62.1 Å². The van der Waals surface area contributed by atoms with Crippen molar-refractivity contribution in [2.45, 2.75) is 58.4 Å². The van der Waals surface area contributed by atoms with Crippen molar-refractivity contribution < 1.29 is 4.79 Å². The molecule has 0 radical (unpaired) electrons. The summed E-state index contributed by atoms with van der Waals surface area (Å²) in [4.78, 5) is 14.8. The van der Waals surface area contributed by atoms with Crippen LogP contribution in [0.3, 0.4) is 0 Å². The van der Waals surface area contributed by atoms with Gasteiger partial charge in [0.1, 0.15) is 0 Å². The quantitative estimate of drug-likeness (QED) is 0.881. The van der Waals surface area contributed by atoms with Gasteiger partial charge in [0, 0.05) is 6.04 Å². The highest BCUT2D eigenvalue weighted by atomic mass is 16.2. The molecule has 0 aromatic heterocycles. The van der Waals surface area contributed by atoms with E-state index in [1.54, 1.807) is 0 Å². The van der Waals surface area contributed by atoms with E-state index >= 15 is 0 Å². The largest absolute Gasteiger partial charge is 0.352 e. The Morgan fingerprint density at radius 2 is 1.80 bits per heavy atom. The first kappa shape index (κ1) is 18.4. The zero-order chi connectivity index (χ0) is 17.6. The van der Waals surface area contributed by atoms with Crippen molar-refractivity contribution in [3.05, 3.63) is 35.9 Å². The smallest absolute Gasteiger partial charge is 0.234 e. The van der Waals surface area contributed by atoms with Gasteiger partial charge in [-0.25, -0.2) is 0 Å². The summed E-state index contributed by atoms with van der Waals surface area (Å²) >= 11 is 0. The van der Waals surface area contributed by atoms with Crippen molar-refractivity contribution >= 4 is 5.91 Å². The molecule has 1 amide bonds. The molecule has 0 spiro atoms. The van der Waals surface area contributed by atoms with Crippen molar-refractivity contribution in [3.8, 4) is 0 Å². The van der Waals surface area contributed by atoms with E-state index in [0.717, 1.165) is 31.3 Å². The van der Waals surface area contributed by atoms with Gasteiger partial charge < -0.3 is 5.32 Å². The molecule has 1 aromatic carbocycles. The minimum absolute atomic E-state index is 0.229. The Morgan fingerprint density at radius 1 is 1.08 bits per heavy atom. The third-order valence-corrected chi connectivity index (χ3v) is 6.49. The second kappa shape index (κ2) is 8.84. The first-order valence-electron chi connectivity index (χ1n) is 10.2. The molecule has 1 saturated carbocycles. The summed E-state index contributed by atoms with van der Waals surface area (Å²) in [7, 11) is 0. The molecule has 2 fully saturated rings. The number of likely N-dealkylation sites (tertiary alicyclic amines) is 1. The molecular formula is C22H34N2O. The van der Waals surface area contributed by atoms with E-state index in [-0.39, 0.29) is 5.91 Å². The fraction of sp³-hybridized carbons (Fsp3) is 0.682. The number of amides is 1. The van der Waals surface area contributed by atoms with Crippen LogP contribution in [0.15, 0.2) is 30.3 Å². The molecule has 25 heavy (non-hydrogen) atoms. The maximum absolute atomic E-state index is 12.5. The number of piperidine rings is 1. The average molecular weight is 343 g/mol. The van der Waals surface area contributed by atoms with Gasteiger partial charge in [0.05, 0.1) is 6.54 Å². The topological polar surface area (TPSA) is 32.3 Å². The zero-order valence-corrected chi connectivity index (χ0v) is 15.9. The Hall–Kier alpha value is -1.35. The molecule has 138 valence electrons. The molecule has 1 aliphatic heterocycles. The third-order valence-electron chi connectivity index (χ3n) is 6.49. The van der Waals surface area contributed by atoms with Crippen LogP contribution in [0, 0.1) is 17.8 Å². The summed E-state index contributed by atoms with van der Waals surface area (Å²) in [5, 5.41) is 3.32.